The Labute approximate surface area is 606 Å². The van der Waals surface area contributed by atoms with Gasteiger partial charge in [-0.15, -0.1) is 0 Å². The van der Waals surface area contributed by atoms with Crippen LogP contribution in [0.2, 0.25) is 0 Å². The SMILES string of the molecule is CC(=O)NC1[C@H](OCCCCCCNC(=O)CCOCC(COCCC(=O)NCCCCCCO[C@@H]2OC(CO)[C@H](O)[C@H](O)C2C)(COCCC(=O)NCCCCCCO[C@@H]2OC(CO)[C@H](O)[C@H](O)C2C)NC(=O)CCCC(=O)NCCCCCCOP(=O)(O)OC(C)(C)C)OC(CO)[C@H](O)[C@@H]1O. The van der Waals surface area contributed by atoms with E-state index in [1.807, 2.05) is 0 Å². The van der Waals surface area contributed by atoms with E-state index in [0.717, 1.165) is 25.7 Å². The van der Waals surface area contributed by atoms with E-state index in [4.69, 9.17) is 51.7 Å². The second-order valence-corrected chi connectivity index (χ2v) is 29.2. The summed E-state index contributed by atoms with van der Waals surface area (Å²) in [5, 5.41) is 107. The van der Waals surface area contributed by atoms with Crippen molar-refractivity contribution in [1.82, 2.24) is 31.9 Å². The summed E-state index contributed by atoms with van der Waals surface area (Å²) in [6.45, 7) is 9.48. The van der Waals surface area contributed by atoms with Crippen molar-refractivity contribution in [2.75, 3.05) is 112 Å². The fourth-order valence-corrected chi connectivity index (χ4v) is 12.6. The number of unbranched alkanes of at least 4 members (excludes halogenated alkanes) is 12. The van der Waals surface area contributed by atoms with Crippen LogP contribution < -0.4 is 31.9 Å². The van der Waals surface area contributed by atoms with Crippen LogP contribution in [0.4, 0.5) is 0 Å². The van der Waals surface area contributed by atoms with Gasteiger partial charge in [0.05, 0.1) is 83.9 Å². The van der Waals surface area contributed by atoms with E-state index < -0.39 is 142 Å². The molecule has 0 spiro atoms. The number of hydrogen-bond acceptors (Lipinski definition) is 27. The lowest BCUT2D eigenvalue weighted by atomic mass is 9.92. The quantitative estimate of drug-likeness (QED) is 0.0282. The van der Waals surface area contributed by atoms with Crippen molar-refractivity contribution < 1.29 is 136 Å². The van der Waals surface area contributed by atoms with Gasteiger partial charge in [-0.2, -0.15) is 0 Å². The molecule has 0 saturated carbocycles. The monoisotopic (exact) mass is 1510 g/mol. The minimum atomic E-state index is -4.19. The number of ether oxygens (including phenoxy) is 9. The summed E-state index contributed by atoms with van der Waals surface area (Å²) in [7, 11) is -4.19. The molecule has 16 atom stereocenters. The summed E-state index contributed by atoms with van der Waals surface area (Å²) in [6.07, 6.45) is -2.41. The van der Waals surface area contributed by atoms with E-state index in [0.29, 0.717) is 116 Å². The van der Waals surface area contributed by atoms with Gasteiger partial charge in [0, 0.05) is 96.9 Å². The summed E-state index contributed by atoms with van der Waals surface area (Å²) < 4.78 is 74.8. The summed E-state index contributed by atoms with van der Waals surface area (Å²) in [6, 6.07) is -1.05. The third-order valence-electron chi connectivity index (χ3n) is 17.5. The first-order valence-electron chi connectivity index (χ1n) is 36.8. The third-order valence-corrected chi connectivity index (χ3v) is 18.7. The number of nitrogens with one attached hydrogen (secondary N) is 6. The Kier molecular flexibility index (Phi) is 47.4. The van der Waals surface area contributed by atoms with Gasteiger partial charge in [0.1, 0.15) is 54.3 Å². The van der Waals surface area contributed by atoms with Crippen molar-refractivity contribution in [3.05, 3.63) is 0 Å². The van der Waals surface area contributed by atoms with Crippen LogP contribution in [-0.4, -0.2) is 289 Å². The standard InChI is InChI=1S/C68H127N6O28P/c1-46-58(84)60(86)49(40-75)99-64(46)95-33-19-11-7-15-30-70-53(80)26-37-92-43-68(74-56(83)25-23-24-52(79)69-29-18-10-14-22-36-98-103(90,91)102-67(4,5)6,44-93-38-27-54(81)71-31-16-8-12-20-34-96-65-47(2)59(85)61(87)50(41-76)100-65)45-94-39-28-55(82)72-32-17-9-13-21-35-97-66-57(73-48(3)78)63(89)62(88)51(42-77)101-66/h46-47,49-51,57-66,75-77,84-89H,7-45H2,1-6H3,(H,69,79)(H,70,80)(H,71,81)(H,72,82)(H,73,78)(H,74,83)(H,90,91)/t46?,47?,49?,50?,51?,57?,58-,59-,60+,61+,62+,63-,64-,65-,66-,68?/m1/s1. The van der Waals surface area contributed by atoms with Crippen LogP contribution >= 0.6 is 7.82 Å². The smallest absolute Gasteiger partial charge is 0.394 e. The molecular formula is C68H127N6O28P. The van der Waals surface area contributed by atoms with Gasteiger partial charge in [-0.05, 0) is 78.6 Å². The minimum absolute atomic E-state index is 0.0235. The van der Waals surface area contributed by atoms with Crippen LogP contribution in [0.15, 0.2) is 0 Å². The van der Waals surface area contributed by atoms with Gasteiger partial charge in [0.2, 0.25) is 35.4 Å². The molecule has 3 heterocycles. The van der Waals surface area contributed by atoms with E-state index in [-0.39, 0.29) is 115 Å². The first-order valence-corrected chi connectivity index (χ1v) is 38.3. The summed E-state index contributed by atoms with van der Waals surface area (Å²) >= 11 is 0. The molecule has 0 aromatic heterocycles. The van der Waals surface area contributed by atoms with Crippen molar-refractivity contribution >= 4 is 43.3 Å². The topological polar surface area (TPSA) is 496 Å². The number of carbonyl (C=O) groups is 6. The molecule has 34 nitrogen and oxygen atoms in total. The van der Waals surface area contributed by atoms with Crippen LogP contribution in [0.3, 0.4) is 0 Å². The molecule has 7 unspecified atom stereocenters. The molecule has 6 amide bonds. The molecule has 0 bridgehead atoms. The average molecular weight is 1510 g/mol. The normalized spacial score (nSPS) is 26.3. The number of amides is 6. The zero-order chi connectivity index (χ0) is 76.2. The van der Waals surface area contributed by atoms with Gasteiger partial charge in [-0.25, -0.2) is 4.57 Å². The second-order valence-electron chi connectivity index (χ2n) is 27.8. The number of aliphatic hydroxyl groups is 9. The molecular weight excluding hydrogens is 1380 g/mol. The van der Waals surface area contributed by atoms with E-state index >= 15 is 0 Å². The Hall–Kier alpha value is -3.79. The maximum absolute atomic E-state index is 13.9. The third kappa shape index (κ3) is 39.2. The molecule has 0 aromatic carbocycles. The summed E-state index contributed by atoms with van der Waals surface area (Å²) in [5.74, 6) is -3.11. The molecule has 602 valence electrons. The van der Waals surface area contributed by atoms with Crippen molar-refractivity contribution in [2.45, 2.75) is 274 Å². The maximum atomic E-state index is 13.9. The number of carbonyl (C=O) groups excluding carboxylic acids is 6. The van der Waals surface area contributed by atoms with Gasteiger partial charge in [0.25, 0.3) is 0 Å². The molecule has 35 heteroatoms. The zero-order valence-electron chi connectivity index (χ0n) is 61.5. The first-order chi connectivity index (χ1) is 49.1. The second kappa shape index (κ2) is 52.3. The van der Waals surface area contributed by atoms with Gasteiger partial charge in [-0.1, -0.05) is 65.2 Å². The largest absolute Gasteiger partial charge is 0.472 e. The Balaban J connectivity index is 1.58. The predicted octanol–water partition coefficient (Wildman–Crippen LogP) is 0.0140. The molecule has 0 aromatic rings. The highest BCUT2D eigenvalue weighted by Crippen LogP contribution is 2.47. The maximum Gasteiger partial charge on any atom is 0.472 e. The highest BCUT2D eigenvalue weighted by atomic mass is 31.2. The number of hydrogen-bond donors (Lipinski definition) is 16. The lowest BCUT2D eigenvalue weighted by molar-refractivity contribution is -0.282. The van der Waals surface area contributed by atoms with Gasteiger partial charge >= 0.3 is 7.82 Å². The Morgan fingerprint density at radius 1 is 0.417 bits per heavy atom. The zero-order valence-corrected chi connectivity index (χ0v) is 62.4. The van der Waals surface area contributed by atoms with E-state index in [9.17, 15) is 84.2 Å². The molecule has 16 N–H and O–H groups in total. The van der Waals surface area contributed by atoms with Crippen LogP contribution in [0.25, 0.3) is 0 Å². The molecule has 3 saturated heterocycles. The number of phosphoric acid groups is 1. The van der Waals surface area contributed by atoms with Gasteiger partial charge < -0.3 is 125 Å². The highest BCUT2D eigenvalue weighted by Gasteiger charge is 2.46. The van der Waals surface area contributed by atoms with Crippen molar-refractivity contribution in [1.29, 1.82) is 0 Å². The highest BCUT2D eigenvalue weighted by molar-refractivity contribution is 7.47. The van der Waals surface area contributed by atoms with Crippen LogP contribution in [-0.2, 0) is 85.0 Å². The molecule has 0 radical (unpaired) electrons. The first kappa shape index (κ1) is 93.4. The van der Waals surface area contributed by atoms with E-state index in [1.54, 1.807) is 34.6 Å². The predicted molar refractivity (Wildman–Crippen MR) is 371 cm³/mol. The molecule has 0 aliphatic carbocycles. The molecule has 103 heavy (non-hydrogen) atoms. The lowest BCUT2D eigenvalue weighted by Gasteiger charge is -2.42. The summed E-state index contributed by atoms with van der Waals surface area (Å²) in [5.41, 5.74) is -2.29. The van der Waals surface area contributed by atoms with Gasteiger partial charge in [-0.3, -0.25) is 37.8 Å². The fraction of sp³-hybridized carbons (Fsp3) is 0.912. The molecule has 3 aliphatic heterocycles. The Morgan fingerprint density at radius 2 is 0.748 bits per heavy atom. The Morgan fingerprint density at radius 3 is 1.12 bits per heavy atom. The van der Waals surface area contributed by atoms with Crippen LogP contribution in [0, 0.1) is 11.8 Å². The van der Waals surface area contributed by atoms with E-state index in [2.05, 4.69) is 31.9 Å². The van der Waals surface area contributed by atoms with Crippen molar-refractivity contribution in [3.8, 4) is 0 Å². The molecule has 3 aliphatic rings. The molecule has 3 rings (SSSR count). The Bertz CT molecular complexity index is 2330. The number of phosphoric ester groups is 1. The lowest BCUT2D eigenvalue weighted by Crippen LogP contribution is -2.64. The van der Waals surface area contributed by atoms with Crippen LogP contribution in [0.5, 0.6) is 0 Å². The van der Waals surface area contributed by atoms with Crippen LogP contribution in [0.1, 0.15) is 183 Å². The summed E-state index contributed by atoms with van der Waals surface area (Å²) in [4.78, 5) is 87.6. The van der Waals surface area contributed by atoms with Gasteiger partial charge in [0.15, 0.2) is 18.9 Å². The number of aliphatic hydroxyl groups excluding tert-OH is 9. The fourth-order valence-electron chi connectivity index (χ4n) is 11.5. The average Bonchev–Trinajstić information content (AvgIpc) is 0.826. The molecule has 3 fully saturated rings. The minimum Gasteiger partial charge on any atom is -0.394 e. The van der Waals surface area contributed by atoms with Crippen molar-refractivity contribution in [2.24, 2.45) is 11.8 Å². The van der Waals surface area contributed by atoms with Crippen molar-refractivity contribution in [3.63, 3.8) is 0 Å². The number of rotatable bonds is 57. The van der Waals surface area contributed by atoms with E-state index in [1.165, 1.54) is 6.92 Å².